The van der Waals surface area contributed by atoms with Gasteiger partial charge in [-0.25, -0.2) is 0 Å². The zero-order valence-corrected chi connectivity index (χ0v) is 12.4. The summed E-state index contributed by atoms with van der Waals surface area (Å²) in [6, 6.07) is 12.3. The van der Waals surface area contributed by atoms with Crippen LogP contribution in [0.15, 0.2) is 47.5 Å². The summed E-state index contributed by atoms with van der Waals surface area (Å²) in [6.45, 7) is 7.21. The zero-order valence-electron chi connectivity index (χ0n) is 12.4. The van der Waals surface area contributed by atoms with Crippen molar-refractivity contribution in [3.05, 3.63) is 48.0 Å². The highest BCUT2D eigenvalue weighted by molar-refractivity contribution is 5.85. The van der Waals surface area contributed by atoms with Crippen LogP contribution in [-0.4, -0.2) is 23.8 Å². The molecule has 1 rings (SSSR count). The Morgan fingerprint density at radius 2 is 2.00 bits per heavy atom. The van der Waals surface area contributed by atoms with Crippen molar-refractivity contribution in [2.75, 3.05) is 13.1 Å². The van der Waals surface area contributed by atoms with Crippen LogP contribution in [0.1, 0.15) is 25.3 Å². The molecule has 0 aliphatic carbocycles. The van der Waals surface area contributed by atoms with E-state index >= 15 is 0 Å². The van der Waals surface area contributed by atoms with Gasteiger partial charge in [0, 0.05) is 13.1 Å². The lowest BCUT2D eigenvalue weighted by Gasteiger charge is -2.24. The first-order valence-electron chi connectivity index (χ1n) is 6.93. The first-order valence-corrected chi connectivity index (χ1v) is 6.93. The molecule has 0 amide bonds. The number of aliphatic imine (C=N–C) groups is 1. The Hall–Kier alpha value is -2.59. The van der Waals surface area contributed by atoms with Gasteiger partial charge in [0.15, 0.2) is 0 Å². The quantitative estimate of drug-likeness (QED) is 0.333. The molecule has 0 aromatic heterocycles. The number of aryl methyl sites for hydroxylation is 1. The normalized spacial score (nSPS) is 10.5. The van der Waals surface area contributed by atoms with Gasteiger partial charge in [-0.2, -0.15) is 15.5 Å². The van der Waals surface area contributed by atoms with Crippen molar-refractivity contribution >= 4 is 5.84 Å². The van der Waals surface area contributed by atoms with Gasteiger partial charge in [-0.05, 0) is 25.3 Å². The zero-order chi connectivity index (χ0) is 15.5. The summed E-state index contributed by atoms with van der Waals surface area (Å²) in [5.74, 6) is 0.524. The second-order valence-electron chi connectivity index (χ2n) is 4.93. The molecule has 4 heteroatoms. The highest BCUT2D eigenvalue weighted by atomic mass is 15.2. The molecule has 0 atom stereocenters. The molecule has 0 aliphatic rings. The molecule has 0 unspecified atom stereocenters. The van der Waals surface area contributed by atoms with E-state index < -0.39 is 0 Å². The molecule has 0 aliphatic heterocycles. The van der Waals surface area contributed by atoms with E-state index in [1.54, 1.807) is 6.19 Å². The van der Waals surface area contributed by atoms with Crippen molar-refractivity contribution in [1.29, 1.82) is 10.5 Å². The van der Waals surface area contributed by atoms with E-state index in [1.165, 1.54) is 5.56 Å². The number of amidine groups is 1. The van der Waals surface area contributed by atoms with Crippen LogP contribution in [0.3, 0.4) is 0 Å². The van der Waals surface area contributed by atoms with E-state index in [0.717, 1.165) is 25.0 Å². The van der Waals surface area contributed by atoms with Gasteiger partial charge in [0.25, 0.3) is 0 Å². The highest BCUT2D eigenvalue weighted by Gasteiger charge is 2.11. The first kappa shape index (κ1) is 16.5. The van der Waals surface area contributed by atoms with Crippen LogP contribution in [0, 0.1) is 22.8 Å². The Morgan fingerprint density at radius 1 is 1.29 bits per heavy atom. The van der Waals surface area contributed by atoms with Crippen molar-refractivity contribution in [3.63, 3.8) is 0 Å². The molecule has 0 spiro atoms. The van der Waals surface area contributed by atoms with Gasteiger partial charge in [-0.3, -0.25) is 0 Å². The van der Waals surface area contributed by atoms with Crippen molar-refractivity contribution < 1.29 is 0 Å². The molecule has 1 aromatic carbocycles. The largest absolute Gasteiger partial charge is 0.354 e. The van der Waals surface area contributed by atoms with Crippen molar-refractivity contribution in [1.82, 2.24) is 4.90 Å². The molecular weight excluding hydrogens is 260 g/mol. The fraction of sp³-hybridized carbons (Fsp3) is 0.353. The molecule has 0 N–H and O–H groups in total. The lowest BCUT2D eigenvalue weighted by molar-refractivity contribution is 0.435. The van der Waals surface area contributed by atoms with Crippen LogP contribution in [0.4, 0.5) is 0 Å². The monoisotopic (exact) mass is 280 g/mol. The van der Waals surface area contributed by atoms with Crippen molar-refractivity contribution in [2.45, 2.75) is 26.2 Å². The van der Waals surface area contributed by atoms with Crippen LogP contribution < -0.4 is 0 Å². The third-order valence-corrected chi connectivity index (χ3v) is 2.98. The SMILES string of the molecule is C=C(C)CN(CCCc1ccccc1)C(CC#N)=NC#N. The Morgan fingerprint density at radius 3 is 2.57 bits per heavy atom. The fourth-order valence-electron chi connectivity index (χ4n) is 2.09. The maximum absolute atomic E-state index is 8.86. The predicted molar refractivity (Wildman–Crippen MR) is 84.4 cm³/mol. The van der Waals surface area contributed by atoms with Crippen LogP contribution >= 0.6 is 0 Å². The Kier molecular flexibility index (Phi) is 7.32. The van der Waals surface area contributed by atoms with E-state index in [1.807, 2.05) is 30.0 Å². The molecule has 4 nitrogen and oxygen atoms in total. The Bertz CT molecular complexity index is 561. The summed E-state index contributed by atoms with van der Waals surface area (Å²) in [4.78, 5) is 5.75. The van der Waals surface area contributed by atoms with Gasteiger partial charge in [-0.15, -0.1) is 0 Å². The van der Waals surface area contributed by atoms with E-state index in [2.05, 4.69) is 29.8 Å². The summed E-state index contributed by atoms with van der Waals surface area (Å²) in [5, 5.41) is 17.6. The first-order chi connectivity index (χ1) is 10.2. The topological polar surface area (TPSA) is 63.2 Å². The maximum Gasteiger partial charge on any atom is 0.207 e. The second kappa shape index (κ2) is 9.34. The van der Waals surface area contributed by atoms with Gasteiger partial charge in [-0.1, -0.05) is 42.5 Å². The molecule has 0 radical (unpaired) electrons. The molecule has 0 fully saturated rings. The molecule has 21 heavy (non-hydrogen) atoms. The lowest BCUT2D eigenvalue weighted by Crippen LogP contribution is -2.33. The molecule has 0 saturated carbocycles. The molecule has 0 bridgehead atoms. The predicted octanol–water partition coefficient (Wildman–Crippen LogP) is 3.29. The summed E-state index contributed by atoms with van der Waals surface area (Å²) in [5.41, 5.74) is 2.27. The van der Waals surface area contributed by atoms with Gasteiger partial charge >= 0.3 is 0 Å². The molecule has 0 heterocycles. The number of hydrogen-bond donors (Lipinski definition) is 0. The summed E-state index contributed by atoms with van der Waals surface area (Å²) < 4.78 is 0. The summed E-state index contributed by atoms with van der Waals surface area (Å²) >= 11 is 0. The van der Waals surface area contributed by atoms with E-state index in [0.29, 0.717) is 12.4 Å². The van der Waals surface area contributed by atoms with Gasteiger partial charge in [0.05, 0.1) is 12.5 Å². The second-order valence-corrected chi connectivity index (χ2v) is 4.93. The van der Waals surface area contributed by atoms with E-state index in [4.69, 9.17) is 10.5 Å². The van der Waals surface area contributed by atoms with Crippen LogP contribution in [0.5, 0.6) is 0 Å². The minimum atomic E-state index is 0.145. The van der Waals surface area contributed by atoms with Crippen LogP contribution in [-0.2, 0) is 6.42 Å². The number of hydrogen-bond acceptors (Lipinski definition) is 3. The Balaban J connectivity index is 2.65. The molecule has 0 saturated heterocycles. The van der Waals surface area contributed by atoms with Crippen molar-refractivity contribution in [3.8, 4) is 12.3 Å². The number of nitrogens with zero attached hydrogens (tertiary/aromatic N) is 4. The molecular formula is C17H20N4. The van der Waals surface area contributed by atoms with Gasteiger partial charge < -0.3 is 4.90 Å². The van der Waals surface area contributed by atoms with E-state index in [9.17, 15) is 0 Å². The number of benzene rings is 1. The van der Waals surface area contributed by atoms with E-state index in [-0.39, 0.29) is 6.42 Å². The summed E-state index contributed by atoms with van der Waals surface area (Å²) in [7, 11) is 0. The highest BCUT2D eigenvalue weighted by Crippen LogP contribution is 2.07. The third kappa shape index (κ3) is 6.40. The standard InChI is InChI=1S/C17H20N4/c1-15(2)13-21(17(10-11-18)20-14-19)12-6-9-16-7-4-3-5-8-16/h3-5,7-8H,1,6,9-10,12-13H2,2H3. The average molecular weight is 280 g/mol. The molecule has 108 valence electrons. The average Bonchev–Trinajstić information content (AvgIpc) is 2.47. The van der Waals surface area contributed by atoms with Gasteiger partial charge in [0.1, 0.15) is 5.84 Å². The maximum atomic E-state index is 8.86. The number of nitriles is 2. The van der Waals surface area contributed by atoms with Gasteiger partial charge in [0.2, 0.25) is 6.19 Å². The number of rotatable bonds is 7. The molecule has 1 aromatic rings. The lowest BCUT2D eigenvalue weighted by atomic mass is 10.1. The Labute approximate surface area is 126 Å². The van der Waals surface area contributed by atoms with Crippen molar-refractivity contribution in [2.24, 2.45) is 4.99 Å². The van der Waals surface area contributed by atoms with Crippen LogP contribution in [0.25, 0.3) is 0 Å². The fourth-order valence-corrected chi connectivity index (χ4v) is 2.09. The van der Waals surface area contributed by atoms with Crippen LogP contribution in [0.2, 0.25) is 0 Å². The third-order valence-electron chi connectivity index (χ3n) is 2.98. The smallest absolute Gasteiger partial charge is 0.207 e. The minimum absolute atomic E-state index is 0.145. The minimum Gasteiger partial charge on any atom is -0.354 e. The summed E-state index contributed by atoms with van der Waals surface area (Å²) in [6.07, 6.45) is 3.82.